The maximum absolute atomic E-state index is 13.5. The number of carbonyl (C=O) groups excluding carboxylic acids is 2. The molecule has 36 heavy (non-hydrogen) atoms. The fourth-order valence-electron chi connectivity index (χ4n) is 5.29. The van der Waals surface area contributed by atoms with E-state index in [0.29, 0.717) is 25.2 Å². The average Bonchev–Trinajstić information content (AvgIpc) is 3.12. The van der Waals surface area contributed by atoms with Crippen molar-refractivity contribution < 1.29 is 14.7 Å². The Morgan fingerprint density at radius 1 is 0.972 bits per heavy atom. The molecule has 2 atom stereocenters. The Hall–Kier alpha value is -3.93. The third-order valence-corrected chi connectivity index (χ3v) is 7.20. The number of hydrogen-bond donors (Lipinski definition) is 2. The average molecular weight is 484 g/mol. The zero-order valence-electron chi connectivity index (χ0n) is 20.2. The number of nitrogens with one attached hydrogen (secondary N) is 1. The second-order valence-corrected chi connectivity index (χ2v) is 9.57. The molecule has 8 nitrogen and oxygen atoms in total. The predicted octanol–water partition coefficient (Wildman–Crippen LogP) is 2.66. The van der Waals surface area contributed by atoms with Gasteiger partial charge in [-0.2, -0.15) is 5.26 Å². The van der Waals surface area contributed by atoms with Crippen LogP contribution in [-0.2, 0) is 10.3 Å². The number of urea groups is 1. The van der Waals surface area contributed by atoms with Crippen LogP contribution < -0.4 is 10.2 Å². The molecule has 0 saturated carbocycles. The third kappa shape index (κ3) is 4.28. The van der Waals surface area contributed by atoms with Crippen molar-refractivity contribution in [1.29, 1.82) is 5.26 Å². The molecule has 2 unspecified atom stereocenters. The summed E-state index contributed by atoms with van der Waals surface area (Å²) in [6.07, 6.45) is -0.868. The highest BCUT2D eigenvalue weighted by Crippen LogP contribution is 2.34. The molecule has 184 valence electrons. The minimum Gasteiger partial charge on any atom is -0.390 e. The molecule has 5 rings (SSSR count). The number of fused-ring (bicyclic) bond motifs is 1. The first-order valence-electron chi connectivity index (χ1n) is 12.2. The van der Waals surface area contributed by atoms with E-state index in [1.165, 1.54) is 0 Å². The van der Waals surface area contributed by atoms with Gasteiger partial charge in [0.1, 0.15) is 11.6 Å². The number of anilines is 1. The van der Waals surface area contributed by atoms with Crippen molar-refractivity contribution in [3.8, 4) is 6.07 Å². The molecule has 0 radical (unpaired) electrons. The number of rotatable bonds is 6. The van der Waals surface area contributed by atoms with Crippen molar-refractivity contribution >= 4 is 28.4 Å². The quantitative estimate of drug-likeness (QED) is 0.523. The summed E-state index contributed by atoms with van der Waals surface area (Å²) in [6, 6.07) is 22.8. The first-order valence-corrected chi connectivity index (χ1v) is 12.2. The molecule has 3 aromatic carbocycles. The Morgan fingerprint density at radius 3 is 2.44 bits per heavy atom. The van der Waals surface area contributed by atoms with Crippen molar-refractivity contribution in [2.45, 2.75) is 18.6 Å². The van der Waals surface area contributed by atoms with Crippen LogP contribution in [0.1, 0.15) is 18.1 Å². The molecule has 2 aliphatic rings. The molecule has 0 spiro atoms. The van der Waals surface area contributed by atoms with Gasteiger partial charge < -0.3 is 15.3 Å². The fourth-order valence-corrected chi connectivity index (χ4v) is 5.29. The fraction of sp³-hybridized carbons (Fsp3) is 0.321. The lowest BCUT2D eigenvalue weighted by Crippen LogP contribution is -2.51. The number of aliphatic hydroxyl groups is 1. The summed E-state index contributed by atoms with van der Waals surface area (Å²) in [6.45, 7) is 4.90. The summed E-state index contributed by atoms with van der Waals surface area (Å²) < 4.78 is 0. The van der Waals surface area contributed by atoms with Crippen LogP contribution in [0.3, 0.4) is 0 Å². The van der Waals surface area contributed by atoms with Gasteiger partial charge in [0.25, 0.3) is 5.91 Å². The van der Waals surface area contributed by atoms with Crippen molar-refractivity contribution in [2.75, 3.05) is 44.2 Å². The van der Waals surface area contributed by atoms with Gasteiger partial charge in [-0.3, -0.25) is 14.6 Å². The molecule has 2 fully saturated rings. The van der Waals surface area contributed by atoms with Gasteiger partial charge in [-0.15, -0.1) is 0 Å². The second-order valence-electron chi connectivity index (χ2n) is 9.57. The van der Waals surface area contributed by atoms with Crippen molar-refractivity contribution in [3.63, 3.8) is 0 Å². The van der Waals surface area contributed by atoms with Crippen molar-refractivity contribution in [2.24, 2.45) is 0 Å². The van der Waals surface area contributed by atoms with Crippen LogP contribution in [0, 0.1) is 11.3 Å². The summed E-state index contributed by atoms with van der Waals surface area (Å²) in [5.74, 6) is -0.360. The Kier molecular flexibility index (Phi) is 6.35. The van der Waals surface area contributed by atoms with E-state index in [9.17, 15) is 20.0 Å². The van der Waals surface area contributed by atoms with E-state index in [2.05, 4.69) is 21.2 Å². The maximum Gasteiger partial charge on any atom is 0.325 e. The number of carbonyl (C=O) groups is 2. The van der Waals surface area contributed by atoms with E-state index in [1.807, 2.05) is 66.7 Å². The molecule has 2 saturated heterocycles. The van der Waals surface area contributed by atoms with E-state index in [0.717, 1.165) is 40.0 Å². The predicted molar refractivity (Wildman–Crippen MR) is 137 cm³/mol. The molecule has 0 aliphatic carbocycles. The zero-order chi connectivity index (χ0) is 25.3. The number of nitrogens with zero attached hydrogens (tertiary/aromatic N) is 4. The lowest BCUT2D eigenvalue weighted by Gasteiger charge is -2.37. The van der Waals surface area contributed by atoms with E-state index >= 15 is 0 Å². The number of β-amino-alcohol motifs (C(OH)–C–C–N with tert-alkyl or cyclic N) is 1. The van der Waals surface area contributed by atoms with Crippen LogP contribution >= 0.6 is 0 Å². The van der Waals surface area contributed by atoms with Crippen LogP contribution in [0.4, 0.5) is 10.5 Å². The number of hydrogen-bond acceptors (Lipinski definition) is 6. The van der Waals surface area contributed by atoms with Gasteiger partial charge in [-0.25, -0.2) is 4.79 Å². The van der Waals surface area contributed by atoms with E-state index in [-0.39, 0.29) is 12.5 Å². The molecule has 0 bridgehead atoms. The van der Waals surface area contributed by atoms with Gasteiger partial charge >= 0.3 is 6.03 Å². The molecule has 8 heteroatoms. The summed E-state index contributed by atoms with van der Waals surface area (Å²) in [5, 5.41) is 24.9. The summed E-state index contributed by atoms with van der Waals surface area (Å²) in [4.78, 5) is 31.7. The molecule has 3 amide bonds. The SMILES string of the molecule is CC1(c2cccc3ccccc23)NC(=O)N(CC(O)CN2CCN(c3ccccc3C#N)CC2)C1=O. The normalized spacial score (nSPS) is 21.5. The molecule has 2 heterocycles. The third-order valence-electron chi connectivity index (χ3n) is 7.20. The topological polar surface area (TPSA) is 99.9 Å². The summed E-state index contributed by atoms with van der Waals surface area (Å²) >= 11 is 0. The first-order chi connectivity index (χ1) is 17.4. The minimum absolute atomic E-state index is 0.0670. The Labute approximate surface area is 210 Å². The monoisotopic (exact) mass is 483 g/mol. The van der Waals surface area contributed by atoms with Crippen LogP contribution in [0.5, 0.6) is 0 Å². The second kappa shape index (κ2) is 9.61. The van der Waals surface area contributed by atoms with Gasteiger partial charge in [0.2, 0.25) is 0 Å². The van der Waals surface area contributed by atoms with E-state index in [4.69, 9.17) is 0 Å². The Bertz CT molecular complexity index is 1340. The van der Waals surface area contributed by atoms with Gasteiger partial charge in [0.15, 0.2) is 0 Å². The number of aliphatic hydroxyl groups excluding tert-OH is 1. The standard InChI is InChI=1S/C28H29N5O3/c1-28(24-11-6-9-20-7-2-4-10-23(20)24)26(35)33(27(36)30-28)19-22(34)18-31-13-15-32(16-14-31)25-12-5-3-8-21(25)17-29/h2-12,22,34H,13-16,18-19H2,1H3,(H,30,36). The lowest BCUT2D eigenvalue weighted by atomic mass is 9.88. The molecule has 3 aromatic rings. The van der Waals surface area contributed by atoms with Crippen molar-refractivity contribution in [3.05, 3.63) is 77.9 Å². The van der Waals surface area contributed by atoms with Gasteiger partial charge in [-0.05, 0) is 35.4 Å². The molecule has 2 N–H and O–H groups in total. The number of para-hydroxylation sites is 1. The van der Waals surface area contributed by atoms with Gasteiger partial charge in [-0.1, -0.05) is 54.6 Å². The number of amides is 3. The van der Waals surface area contributed by atoms with Crippen LogP contribution in [0.25, 0.3) is 10.8 Å². The molecule has 2 aliphatic heterocycles. The van der Waals surface area contributed by atoms with E-state index in [1.54, 1.807) is 6.92 Å². The summed E-state index contributed by atoms with van der Waals surface area (Å²) in [5.41, 5.74) is 1.12. The molecular weight excluding hydrogens is 454 g/mol. The number of benzene rings is 3. The largest absolute Gasteiger partial charge is 0.390 e. The highest BCUT2D eigenvalue weighted by Gasteiger charge is 2.50. The number of piperazine rings is 1. The number of nitriles is 1. The van der Waals surface area contributed by atoms with Crippen molar-refractivity contribution in [1.82, 2.24) is 15.1 Å². The Morgan fingerprint density at radius 2 is 1.67 bits per heavy atom. The maximum atomic E-state index is 13.5. The summed E-state index contributed by atoms with van der Waals surface area (Å²) in [7, 11) is 0. The van der Waals surface area contributed by atoms with Crippen LogP contribution in [-0.4, -0.2) is 72.2 Å². The highest BCUT2D eigenvalue weighted by molar-refractivity contribution is 6.09. The lowest BCUT2D eigenvalue weighted by molar-refractivity contribution is -0.132. The first kappa shape index (κ1) is 23.8. The Balaban J connectivity index is 1.22. The smallest absolute Gasteiger partial charge is 0.325 e. The van der Waals surface area contributed by atoms with E-state index < -0.39 is 17.7 Å². The zero-order valence-corrected chi connectivity index (χ0v) is 20.2. The van der Waals surface area contributed by atoms with Gasteiger partial charge in [0.05, 0.1) is 23.9 Å². The molecular formula is C28H29N5O3. The number of imide groups is 1. The van der Waals surface area contributed by atoms with Crippen LogP contribution in [0.2, 0.25) is 0 Å². The minimum atomic E-state index is -1.20. The van der Waals surface area contributed by atoms with Crippen LogP contribution in [0.15, 0.2) is 66.7 Å². The van der Waals surface area contributed by atoms with Gasteiger partial charge in [0, 0.05) is 32.7 Å². The highest BCUT2D eigenvalue weighted by atomic mass is 16.3. The molecule has 0 aromatic heterocycles.